The van der Waals surface area contributed by atoms with Crippen LogP contribution >= 0.6 is 0 Å². The molecule has 0 N–H and O–H groups in total. The summed E-state index contributed by atoms with van der Waals surface area (Å²) in [7, 11) is 2.26. The Morgan fingerprint density at radius 3 is 2.59 bits per heavy atom. The van der Waals surface area contributed by atoms with E-state index in [1.807, 2.05) is 0 Å². The van der Waals surface area contributed by atoms with Gasteiger partial charge in [0.2, 0.25) is 0 Å². The second-order valence-electron chi connectivity index (χ2n) is 8.30. The molecule has 120 valence electrons. The first-order chi connectivity index (χ1) is 10.3. The van der Waals surface area contributed by atoms with Gasteiger partial charge in [-0.2, -0.15) is 0 Å². The molecule has 0 spiro atoms. The molecule has 2 unspecified atom stereocenters. The Kier molecular flexibility index (Phi) is 3.87. The first-order valence-corrected chi connectivity index (χ1v) is 8.96. The first kappa shape index (κ1) is 15.6. The van der Waals surface area contributed by atoms with E-state index in [-0.39, 0.29) is 5.41 Å². The van der Waals surface area contributed by atoms with Gasteiger partial charge in [0.15, 0.2) is 0 Å². The molecule has 1 nitrogen and oxygen atoms in total. The van der Waals surface area contributed by atoms with Gasteiger partial charge < -0.3 is 4.57 Å². The fraction of sp³-hybridized carbons (Fsp3) is 0.619. The maximum absolute atomic E-state index is 2.47. The first-order valence-electron chi connectivity index (χ1n) is 8.96. The maximum Gasteiger partial charge on any atom is 0.0483 e. The van der Waals surface area contributed by atoms with Crippen molar-refractivity contribution < 1.29 is 0 Å². The summed E-state index contributed by atoms with van der Waals surface area (Å²) in [5.74, 6) is 1.55. The minimum absolute atomic E-state index is 0.225. The number of unbranched alkanes of at least 4 members (excludes halogenated alkanes) is 1. The molecule has 0 saturated carbocycles. The van der Waals surface area contributed by atoms with Crippen LogP contribution in [0.5, 0.6) is 0 Å². The summed E-state index contributed by atoms with van der Waals surface area (Å²) in [6.07, 6.45) is 5.34. The van der Waals surface area contributed by atoms with Crippen molar-refractivity contribution in [3.63, 3.8) is 0 Å². The molecule has 0 amide bonds. The molecular formula is C21H31N. The Hall–Kier alpha value is -1.24. The van der Waals surface area contributed by atoms with E-state index >= 15 is 0 Å². The third-order valence-electron chi connectivity index (χ3n) is 5.75. The van der Waals surface area contributed by atoms with Crippen molar-refractivity contribution in [3.8, 4) is 0 Å². The SMILES string of the molecule is CCCCC1Cc2c(n(C)c3ccc(C(C)(C)C)cc23)C1C. The Balaban J connectivity index is 2.07. The topological polar surface area (TPSA) is 4.93 Å². The molecule has 1 aliphatic carbocycles. The molecule has 0 bridgehead atoms. The van der Waals surface area contributed by atoms with Crippen LogP contribution in [0.4, 0.5) is 0 Å². The summed E-state index contributed by atoms with van der Waals surface area (Å²) in [5, 5.41) is 1.51. The number of benzene rings is 1. The van der Waals surface area contributed by atoms with Gasteiger partial charge in [-0.3, -0.25) is 0 Å². The van der Waals surface area contributed by atoms with Crippen molar-refractivity contribution in [2.45, 2.75) is 71.6 Å². The Morgan fingerprint density at radius 1 is 1.23 bits per heavy atom. The molecule has 2 atom stereocenters. The van der Waals surface area contributed by atoms with Gasteiger partial charge in [0.1, 0.15) is 0 Å². The minimum atomic E-state index is 0.225. The van der Waals surface area contributed by atoms with E-state index in [1.165, 1.54) is 42.1 Å². The second-order valence-corrected chi connectivity index (χ2v) is 8.30. The average molecular weight is 297 g/mol. The second kappa shape index (κ2) is 5.44. The van der Waals surface area contributed by atoms with Gasteiger partial charge in [-0.25, -0.2) is 0 Å². The lowest BCUT2D eigenvalue weighted by molar-refractivity contribution is 0.423. The van der Waals surface area contributed by atoms with E-state index in [9.17, 15) is 0 Å². The van der Waals surface area contributed by atoms with Crippen molar-refractivity contribution in [1.82, 2.24) is 4.57 Å². The number of nitrogens with zero attached hydrogens (tertiary/aromatic N) is 1. The highest BCUT2D eigenvalue weighted by Gasteiger charge is 2.33. The molecular weight excluding hydrogens is 266 g/mol. The predicted octanol–water partition coefficient (Wildman–Crippen LogP) is 5.94. The summed E-state index contributed by atoms with van der Waals surface area (Å²) in [4.78, 5) is 0. The highest BCUT2D eigenvalue weighted by atomic mass is 15.0. The number of fused-ring (bicyclic) bond motifs is 3. The van der Waals surface area contributed by atoms with Crippen molar-refractivity contribution in [3.05, 3.63) is 35.0 Å². The summed E-state index contributed by atoms with van der Waals surface area (Å²) < 4.78 is 2.47. The fourth-order valence-corrected chi connectivity index (χ4v) is 4.28. The molecule has 0 saturated heterocycles. The molecule has 1 aliphatic rings. The van der Waals surface area contributed by atoms with E-state index in [0.717, 1.165) is 5.92 Å². The van der Waals surface area contributed by atoms with Gasteiger partial charge in [-0.05, 0) is 53.4 Å². The van der Waals surface area contributed by atoms with Crippen LogP contribution in [0.25, 0.3) is 10.9 Å². The molecule has 2 aromatic rings. The van der Waals surface area contributed by atoms with Crippen molar-refractivity contribution in [2.75, 3.05) is 0 Å². The molecule has 3 rings (SSSR count). The average Bonchev–Trinajstić information content (AvgIpc) is 2.93. The lowest BCUT2D eigenvalue weighted by atomic mass is 9.86. The maximum atomic E-state index is 2.47. The minimum Gasteiger partial charge on any atom is -0.347 e. The van der Waals surface area contributed by atoms with Gasteiger partial charge in [-0.15, -0.1) is 0 Å². The van der Waals surface area contributed by atoms with E-state index in [0.29, 0.717) is 5.92 Å². The summed E-state index contributed by atoms with van der Waals surface area (Å²) in [6, 6.07) is 7.11. The molecule has 1 aromatic heterocycles. The van der Waals surface area contributed by atoms with Gasteiger partial charge in [0.25, 0.3) is 0 Å². The van der Waals surface area contributed by atoms with Crippen molar-refractivity contribution in [1.29, 1.82) is 0 Å². The number of aromatic nitrogens is 1. The summed E-state index contributed by atoms with van der Waals surface area (Å²) >= 11 is 0. The van der Waals surface area contributed by atoms with E-state index in [4.69, 9.17) is 0 Å². The van der Waals surface area contributed by atoms with Crippen LogP contribution in [0, 0.1) is 5.92 Å². The quantitative estimate of drug-likeness (QED) is 0.660. The number of rotatable bonds is 3. The highest BCUT2D eigenvalue weighted by Crippen LogP contribution is 2.45. The molecule has 1 aromatic carbocycles. The zero-order valence-electron chi connectivity index (χ0n) is 15.2. The number of aryl methyl sites for hydroxylation is 1. The van der Waals surface area contributed by atoms with Crippen LogP contribution in [0.3, 0.4) is 0 Å². The standard InChI is InChI=1S/C21H31N/c1-7-8-9-15-12-18-17-13-16(21(3,4)5)10-11-19(17)22(6)20(18)14(15)2/h10-11,13-15H,7-9,12H2,1-6H3. The zero-order chi connectivity index (χ0) is 16.1. The van der Waals surface area contributed by atoms with E-state index in [1.54, 1.807) is 11.3 Å². The fourth-order valence-electron chi connectivity index (χ4n) is 4.28. The van der Waals surface area contributed by atoms with Crippen LogP contribution in [0.1, 0.15) is 76.6 Å². The van der Waals surface area contributed by atoms with Crippen LogP contribution in [0.15, 0.2) is 18.2 Å². The largest absolute Gasteiger partial charge is 0.347 e. The predicted molar refractivity (Wildman–Crippen MR) is 96.8 cm³/mol. The van der Waals surface area contributed by atoms with Gasteiger partial charge >= 0.3 is 0 Å². The Labute approximate surface area is 135 Å². The summed E-state index contributed by atoms with van der Waals surface area (Å²) in [5.41, 5.74) is 6.33. The van der Waals surface area contributed by atoms with Gasteiger partial charge in [0.05, 0.1) is 0 Å². The highest BCUT2D eigenvalue weighted by molar-refractivity contribution is 5.87. The molecule has 1 heterocycles. The Bertz CT molecular complexity index is 684. The van der Waals surface area contributed by atoms with Crippen molar-refractivity contribution in [2.24, 2.45) is 13.0 Å². The normalized spacial score (nSPS) is 21.5. The van der Waals surface area contributed by atoms with E-state index < -0.39 is 0 Å². The third kappa shape index (κ3) is 2.39. The Morgan fingerprint density at radius 2 is 1.95 bits per heavy atom. The van der Waals surface area contributed by atoms with E-state index in [2.05, 4.69) is 64.4 Å². The van der Waals surface area contributed by atoms with Crippen LogP contribution in [-0.4, -0.2) is 4.57 Å². The molecule has 0 aliphatic heterocycles. The van der Waals surface area contributed by atoms with Gasteiger partial charge in [-0.1, -0.05) is 53.5 Å². The summed E-state index contributed by atoms with van der Waals surface area (Å²) in [6.45, 7) is 11.7. The monoisotopic (exact) mass is 297 g/mol. The number of hydrogen-bond donors (Lipinski definition) is 0. The van der Waals surface area contributed by atoms with Crippen molar-refractivity contribution >= 4 is 10.9 Å². The lowest BCUT2D eigenvalue weighted by Gasteiger charge is -2.20. The number of hydrogen-bond acceptors (Lipinski definition) is 0. The molecule has 0 radical (unpaired) electrons. The van der Waals surface area contributed by atoms with Crippen LogP contribution in [0.2, 0.25) is 0 Å². The molecule has 0 fully saturated rings. The lowest BCUT2D eigenvalue weighted by Crippen LogP contribution is -2.11. The van der Waals surface area contributed by atoms with Crippen LogP contribution < -0.4 is 0 Å². The molecule has 22 heavy (non-hydrogen) atoms. The molecule has 1 heteroatoms. The van der Waals surface area contributed by atoms with Crippen LogP contribution in [-0.2, 0) is 18.9 Å². The zero-order valence-corrected chi connectivity index (χ0v) is 15.2. The van der Waals surface area contributed by atoms with Gasteiger partial charge in [0, 0.05) is 23.6 Å². The smallest absolute Gasteiger partial charge is 0.0483 e. The third-order valence-corrected chi connectivity index (χ3v) is 5.75.